The summed E-state index contributed by atoms with van der Waals surface area (Å²) in [5.41, 5.74) is -2.67. The molecule has 5 aliphatic heterocycles. The van der Waals surface area contributed by atoms with Gasteiger partial charge in [0.1, 0.15) is 102 Å². The summed E-state index contributed by atoms with van der Waals surface area (Å²) in [6, 6.07) is 0. The van der Waals surface area contributed by atoms with Crippen molar-refractivity contribution in [1.82, 2.24) is 0 Å². The second kappa shape index (κ2) is 24.3. The number of methoxy groups -OCH3 is 1. The van der Waals surface area contributed by atoms with Gasteiger partial charge in [0.05, 0.1) is 38.1 Å². The van der Waals surface area contributed by atoms with Crippen LogP contribution in [0.15, 0.2) is 11.6 Å². The first-order valence-corrected chi connectivity index (χ1v) is 30.3. The third-order valence-electron chi connectivity index (χ3n) is 20.3. The van der Waals surface area contributed by atoms with Crippen LogP contribution in [-0.2, 0) is 76.3 Å². The van der Waals surface area contributed by atoms with E-state index in [2.05, 4.69) is 6.92 Å². The molecule has 28 atom stereocenters. The van der Waals surface area contributed by atoms with Gasteiger partial charge >= 0.3 is 22.3 Å². The summed E-state index contributed by atoms with van der Waals surface area (Å²) in [5.74, 6) is -1.21. The zero-order valence-electron chi connectivity index (χ0n) is 48.4. The van der Waals surface area contributed by atoms with Crippen molar-refractivity contribution in [1.29, 1.82) is 0 Å². The number of allylic oxidation sites excluding steroid dienone is 1. The van der Waals surface area contributed by atoms with Crippen molar-refractivity contribution in [2.75, 3.05) is 26.9 Å². The molecule has 0 aromatic heterocycles. The van der Waals surface area contributed by atoms with E-state index in [1.54, 1.807) is 0 Å². The number of carbonyl (C=O) groups is 2. The Balaban J connectivity index is 0.889. The van der Waals surface area contributed by atoms with E-state index >= 15 is 0 Å². The van der Waals surface area contributed by atoms with Gasteiger partial charge < -0.3 is 103 Å². The van der Waals surface area contributed by atoms with Crippen molar-refractivity contribution >= 4 is 22.3 Å². The monoisotopic (exact) mass is 1210 g/mol. The van der Waals surface area contributed by atoms with E-state index in [9.17, 15) is 73.6 Å². The minimum atomic E-state index is -5.18. The summed E-state index contributed by atoms with van der Waals surface area (Å²) in [4.78, 5) is 26.1. The lowest BCUT2D eigenvalue weighted by Gasteiger charge is -2.62. The highest BCUT2D eigenvalue weighted by molar-refractivity contribution is 7.80. The van der Waals surface area contributed by atoms with E-state index in [4.69, 9.17) is 56.3 Å². The van der Waals surface area contributed by atoms with Gasteiger partial charge in [-0.2, -0.15) is 8.42 Å². The van der Waals surface area contributed by atoms with Crippen molar-refractivity contribution in [3.63, 3.8) is 0 Å². The largest absolute Gasteiger partial charge is 0.460 e. The number of esters is 2. The fourth-order valence-electron chi connectivity index (χ4n) is 16.4. The molecule has 5 heterocycles. The lowest BCUT2D eigenvalue weighted by Crippen LogP contribution is -2.67. The molecule has 476 valence electrons. The van der Waals surface area contributed by atoms with Crippen molar-refractivity contribution < 1.29 is 130 Å². The van der Waals surface area contributed by atoms with Gasteiger partial charge in [-0.1, -0.05) is 32.4 Å². The van der Waals surface area contributed by atoms with Crippen LogP contribution in [-0.4, -0.2) is 243 Å². The minimum Gasteiger partial charge on any atom is -0.460 e. The maximum Gasteiger partial charge on any atom is 0.397 e. The molecule has 9 aliphatic rings. The summed E-state index contributed by atoms with van der Waals surface area (Å²) in [6.45, 7) is 12.5. The third-order valence-corrected chi connectivity index (χ3v) is 20.8. The highest BCUT2D eigenvalue weighted by atomic mass is 32.3. The lowest BCUT2D eigenvalue weighted by molar-refractivity contribution is -0.389. The van der Waals surface area contributed by atoms with Crippen LogP contribution in [0.3, 0.4) is 0 Å². The van der Waals surface area contributed by atoms with Gasteiger partial charge in [-0.3, -0.25) is 14.1 Å². The first kappa shape index (κ1) is 65.2. The van der Waals surface area contributed by atoms with Crippen molar-refractivity contribution in [3.8, 4) is 0 Å². The summed E-state index contributed by atoms with van der Waals surface area (Å²) in [5, 5.41) is 112. The summed E-state index contributed by atoms with van der Waals surface area (Å²) < 4.78 is 104. The molecule has 1 spiro atoms. The topological polar surface area (TPSA) is 402 Å². The Morgan fingerprint density at radius 3 is 1.93 bits per heavy atom. The summed E-state index contributed by atoms with van der Waals surface area (Å²) in [6.07, 6.45) is -26.4. The molecule has 27 nitrogen and oxygen atoms in total. The number of ether oxygens (including phenoxy) is 11. The average molecular weight is 1210 g/mol. The fourth-order valence-corrected chi connectivity index (χ4v) is 16.9. The number of carbonyl (C=O) groups excluding carboxylic acids is 2. The number of hydrogen-bond donors (Lipinski definition) is 11. The Hall–Kier alpha value is -2.21. The minimum absolute atomic E-state index is 0.00910. The second-order valence-electron chi connectivity index (χ2n) is 26.1. The van der Waals surface area contributed by atoms with Crippen LogP contribution in [0.2, 0.25) is 0 Å². The normalized spacial score (nSPS) is 48.9. The second-order valence-corrected chi connectivity index (χ2v) is 27.2. The van der Waals surface area contributed by atoms with Crippen LogP contribution in [0, 0.1) is 39.9 Å². The predicted molar refractivity (Wildman–Crippen MR) is 279 cm³/mol. The van der Waals surface area contributed by atoms with Crippen LogP contribution >= 0.6 is 0 Å². The van der Waals surface area contributed by atoms with E-state index < -0.39 is 187 Å². The van der Waals surface area contributed by atoms with Crippen molar-refractivity contribution in [2.24, 2.45) is 39.9 Å². The smallest absolute Gasteiger partial charge is 0.397 e. The van der Waals surface area contributed by atoms with Gasteiger partial charge in [0.15, 0.2) is 25.2 Å². The SMILES string of the molecule is CO[C@@H]1[C@@H](O)[C@H](O[C@@H]2[C@@H](O)[C@H](O[C@H]3[C@H](O)[C@@H](O)[C@H](O[C@H]4[C@H](O[C@H]5CC[C@]6(C)C7=C[C@H](O)[C@]89C(=O)O[C@@](C)(CCCC(C)(C)OC(C)=O)[C@H]8CCC9C7CCC6C5(C)C)OC[C@@H](OS(=O)(=O)O)[C@@H]4O)O[C@@H]3C)O[C@H](CO)[C@H]2O)O[C@H](CO)[C@H]1O. The maximum absolute atomic E-state index is 14.4. The van der Waals surface area contributed by atoms with Crippen molar-refractivity contribution in [3.05, 3.63) is 11.6 Å². The first-order valence-electron chi connectivity index (χ1n) is 29.0. The molecule has 0 radical (unpaired) electrons. The van der Waals surface area contributed by atoms with Crippen LogP contribution in [0.4, 0.5) is 0 Å². The quantitative estimate of drug-likeness (QED) is 0.0332. The molecule has 28 heteroatoms. The van der Waals surface area contributed by atoms with Crippen molar-refractivity contribution in [2.45, 2.75) is 253 Å². The molecule has 0 aromatic carbocycles. The molecule has 3 saturated carbocycles. The van der Waals surface area contributed by atoms with Gasteiger partial charge in [0.2, 0.25) is 0 Å². The number of fused-ring (bicyclic) bond motifs is 4. The number of hydrogen-bond acceptors (Lipinski definition) is 26. The molecule has 9 rings (SSSR count). The lowest BCUT2D eigenvalue weighted by atomic mass is 9.43. The molecule has 8 fully saturated rings. The first-order chi connectivity index (χ1) is 38.8. The van der Waals surface area contributed by atoms with E-state index in [1.807, 2.05) is 40.7 Å². The summed E-state index contributed by atoms with van der Waals surface area (Å²) in [7, 11) is -4.00. The highest BCUT2D eigenvalue weighted by Gasteiger charge is 2.75. The van der Waals surface area contributed by atoms with E-state index in [-0.39, 0.29) is 35.6 Å². The molecule has 0 bridgehead atoms. The van der Waals surface area contributed by atoms with Crippen LogP contribution in [0.5, 0.6) is 0 Å². The van der Waals surface area contributed by atoms with E-state index in [0.29, 0.717) is 44.9 Å². The molecule has 4 aliphatic carbocycles. The average Bonchev–Trinajstić information content (AvgIpc) is 1.87. The Labute approximate surface area is 482 Å². The molecule has 5 saturated heterocycles. The molecule has 11 N–H and O–H groups in total. The van der Waals surface area contributed by atoms with Gasteiger partial charge in [0, 0.05) is 20.0 Å². The van der Waals surface area contributed by atoms with Crippen LogP contribution < -0.4 is 0 Å². The zero-order chi connectivity index (χ0) is 60.8. The van der Waals surface area contributed by atoms with Gasteiger partial charge in [0.25, 0.3) is 0 Å². The number of cyclic esters (lactones) is 1. The van der Waals surface area contributed by atoms with Gasteiger partial charge in [-0.25, -0.2) is 4.18 Å². The molecule has 0 aromatic rings. The van der Waals surface area contributed by atoms with E-state index in [1.165, 1.54) is 21.0 Å². The zero-order valence-corrected chi connectivity index (χ0v) is 49.2. The summed E-state index contributed by atoms with van der Waals surface area (Å²) >= 11 is 0. The Kier molecular flexibility index (Phi) is 19.1. The van der Waals surface area contributed by atoms with Crippen LogP contribution in [0.25, 0.3) is 0 Å². The molecule has 0 amide bonds. The predicted octanol–water partition coefficient (Wildman–Crippen LogP) is -1.21. The maximum atomic E-state index is 14.4. The number of aliphatic hydroxyl groups excluding tert-OH is 10. The van der Waals surface area contributed by atoms with Crippen LogP contribution in [0.1, 0.15) is 113 Å². The molecule has 3 unspecified atom stereocenters. The van der Waals surface area contributed by atoms with E-state index in [0.717, 1.165) is 18.4 Å². The Bertz CT molecular complexity index is 2450. The van der Waals surface area contributed by atoms with Gasteiger partial charge in [-0.05, 0) is 114 Å². The van der Waals surface area contributed by atoms with Gasteiger partial charge in [-0.15, -0.1) is 0 Å². The highest BCUT2D eigenvalue weighted by Crippen LogP contribution is 2.71. The third kappa shape index (κ3) is 11.9. The Morgan fingerprint density at radius 1 is 0.723 bits per heavy atom. The molecular weight excluding hydrogens is 1120 g/mol. The molecule has 83 heavy (non-hydrogen) atoms. The number of rotatable bonds is 18. The fraction of sp³-hybridized carbons (Fsp3) is 0.927. The Morgan fingerprint density at radius 2 is 1.31 bits per heavy atom. The number of aliphatic hydroxyl groups is 10. The molecular formula is C55H88O27S. The standard InChI is InChI=1S/C55H88O27S/c1-23-42(77-48-41(66)44(36(61)29(21-57)75-48)78-47-40(65)43(71-9)35(60)28(20-56)74-47)38(63)39(64)46(73-23)79-45-37(62)30(82-83(68,69)70)22-72-49(45)76-34-15-18-53(7)27-19-33(59)55-26(25(27)11-13-31(53)52(34,5)6)12-14-32(55)54(8,81-50(55)67)17-10-16-51(3,4)80-24(2)58/h19,23,25-26,28-49,56-57,59-66H,10-18,20-22H2,1-9H3,(H,68,69,70)/t23-,25?,26?,28-,29-,30-,31?,32-,33+,34+,35-,36-,37+,38-,39-,40-,41-,42-,43+,44+,45-,46+,47+,48+,49+,53-,54+,55-/m1/s1.